The molecule has 0 bridgehead atoms. The van der Waals surface area contributed by atoms with Gasteiger partial charge in [-0.05, 0) is 35.7 Å². The van der Waals surface area contributed by atoms with E-state index < -0.39 is 0 Å². The fourth-order valence-electron chi connectivity index (χ4n) is 3.54. The maximum Gasteiger partial charge on any atom is 0.251 e. The summed E-state index contributed by atoms with van der Waals surface area (Å²) in [5, 5.41) is 2.94. The van der Waals surface area contributed by atoms with Crippen LogP contribution in [0.5, 0.6) is 5.75 Å². The van der Waals surface area contributed by atoms with Crippen LogP contribution in [0.15, 0.2) is 36.4 Å². The Morgan fingerprint density at radius 3 is 2.88 bits per heavy atom. The third-order valence-electron chi connectivity index (χ3n) is 4.68. The molecule has 0 aliphatic carbocycles. The van der Waals surface area contributed by atoms with Crippen LogP contribution < -0.4 is 15.0 Å². The van der Waals surface area contributed by atoms with Crippen molar-refractivity contribution in [2.75, 3.05) is 18.6 Å². The molecule has 5 heteroatoms. The summed E-state index contributed by atoms with van der Waals surface area (Å²) in [6, 6.07) is 11.4. The highest BCUT2D eigenvalue weighted by atomic mass is 16.5. The molecule has 122 valence electrons. The van der Waals surface area contributed by atoms with Gasteiger partial charge < -0.3 is 15.0 Å². The van der Waals surface area contributed by atoms with E-state index in [4.69, 9.17) is 4.74 Å². The highest BCUT2D eigenvalue weighted by molar-refractivity contribution is 6.05. The van der Waals surface area contributed by atoms with Crippen LogP contribution in [0.4, 0.5) is 5.69 Å². The first-order chi connectivity index (χ1) is 11.7. The van der Waals surface area contributed by atoms with E-state index in [2.05, 4.69) is 5.32 Å². The van der Waals surface area contributed by atoms with Crippen molar-refractivity contribution in [2.45, 2.75) is 19.4 Å². The normalized spacial score (nSPS) is 14.7. The zero-order valence-corrected chi connectivity index (χ0v) is 13.5. The van der Waals surface area contributed by atoms with Crippen molar-refractivity contribution in [1.29, 1.82) is 0 Å². The summed E-state index contributed by atoms with van der Waals surface area (Å²) < 4.78 is 5.30. The second-order valence-corrected chi connectivity index (χ2v) is 6.11. The molecule has 1 N–H and O–H groups in total. The summed E-state index contributed by atoms with van der Waals surface area (Å²) >= 11 is 0. The van der Waals surface area contributed by atoms with E-state index in [0.29, 0.717) is 18.5 Å². The van der Waals surface area contributed by atoms with Gasteiger partial charge in [-0.3, -0.25) is 9.59 Å². The van der Waals surface area contributed by atoms with Crippen LogP contribution in [0.2, 0.25) is 0 Å². The number of amides is 2. The monoisotopic (exact) mass is 322 g/mol. The van der Waals surface area contributed by atoms with E-state index in [9.17, 15) is 9.59 Å². The number of hydrogen-bond donors (Lipinski definition) is 1. The quantitative estimate of drug-likeness (QED) is 0.937. The molecule has 0 spiro atoms. The van der Waals surface area contributed by atoms with Crippen molar-refractivity contribution in [3.05, 3.63) is 58.7 Å². The number of nitrogens with one attached hydrogen (secondary N) is 1. The predicted octanol–water partition coefficient (Wildman–Crippen LogP) is 2.07. The van der Waals surface area contributed by atoms with Crippen LogP contribution in [0.1, 0.15) is 27.0 Å². The molecule has 0 saturated carbocycles. The van der Waals surface area contributed by atoms with Gasteiger partial charge in [0.15, 0.2) is 0 Å². The van der Waals surface area contributed by atoms with E-state index >= 15 is 0 Å². The molecule has 0 atom stereocenters. The van der Waals surface area contributed by atoms with Gasteiger partial charge in [-0.25, -0.2) is 0 Å². The molecule has 0 unspecified atom stereocenters. The zero-order chi connectivity index (χ0) is 16.7. The first-order valence-electron chi connectivity index (χ1n) is 8.03. The number of hydrogen-bond acceptors (Lipinski definition) is 3. The third kappa shape index (κ3) is 2.33. The lowest BCUT2D eigenvalue weighted by atomic mass is 10.0. The Morgan fingerprint density at radius 2 is 2.04 bits per heavy atom. The molecule has 0 aromatic heterocycles. The highest BCUT2D eigenvalue weighted by Crippen LogP contribution is 2.38. The van der Waals surface area contributed by atoms with Gasteiger partial charge in [0, 0.05) is 24.2 Å². The van der Waals surface area contributed by atoms with Gasteiger partial charge in [-0.1, -0.05) is 18.2 Å². The number of methoxy groups -OCH3 is 1. The lowest BCUT2D eigenvalue weighted by Crippen LogP contribution is -2.24. The molecule has 2 aromatic carbocycles. The lowest BCUT2D eigenvalue weighted by molar-refractivity contribution is -0.117. The second kappa shape index (κ2) is 5.67. The molecule has 0 radical (unpaired) electrons. The molecule has 2 amide bonds. The van der Waals surface area contributed by atoms with Crippen molar-refractivity contribution >= 4 is 17.5 Å². The average molecular weight is 322 g/mol. The minimum atomic E-state index is -0.127. The maximum absolute atomic E-state index is 12.5. The fourth-order valence-corrected chi connectivity index (χ4v) is 3.54. The summed E-state index contributed by atoms with van der Waals surface area (Å²) in [6.07, 6.45) is 1.22. The van der Waals surface area contributed by atoms with Crippen molar-refractivity contribution in [3.8, 4) is 5.75 Å². The van der Waals surface area contributed by atoms with Gasteiger partial charge in [-0.2, -0.15) is 0 Å². The third-order valence-corrected chi connectivity index (χ3v) is 4.68. The Bertz CT molecular complexity index is 845. The number of para-hydroxylation sites is 1. The van der Waals surface area contributed by atoms with Crippen molar-refractivity contribution < 1.29 is 14.3 Å². The van der Waals surface area contributed by atoms with Gasteiger partial charge in [-0.15, -0.1) is 0 Å². The molecular weight excluding hydrogens is 304 g/mol. The number of carbonyl (C=O) groups is 2. The van der Waals surface area contributed by atoms with Gasteiger partial charge in [0.1, 0.15) is 5.75 Å². The minimum absolute atomic E-state index is 0.127. The van der Waals surface area contributed by atoms with Crippen LogP contribution in [-0.4, -0.2) is 25.5 Å². The Balaban J connectivity index is 1.54. The fraction of sp³-hybridized carbons (Fsp3) is 0.263. The van der Waals surface area contributed by atoms with E-state index in [1.807, 2.05) is 41.3 Å². The topological polar surface area (TPSA) is 58.6 Å². The van der Waals surface area contributed by atoms with Crippen LogP contribution in [0.3, 0.4) is 0 Å². The minimum Gasteiger partial charge on any atom is -0.496 e. The number of anilines is 1. The van der Waals surface area contributed by atoms with E-state index in [0.717, 1.165) is 41.1 Å². The summed E-state index contributed by atoms with van der Waals surface area (Å²) in [5.74, 6) is 0.764. The molecule has 2 aliphatic heterocycles. The van der Waals surface area contributed by atoms with Crippen molar-refractivity contribution in [2.24, 2.45) is 0 Å². The van der Waals surface area contributed by atoms with E-state index in [1.54, 1.807) is 7.11 Å². The molecular formula is C19H18N2O3. The molecule has 4 rings (SSSR count). The summed E-state index contributed by atoms with van der Waals surface area (Å²) in [7, 11) is 1.62. The van der Waals surface area contributed by atoms with Crippen molar-refractivity contribution in [3.63, 3.8) is 0 Å². The van der Waals surface area contributed by atoms with Gasteiger partial charge >= 0.3 is 0 Å². The number of carbonyl (C=O) groups excluding carboxylic acids is 2. The molecule has 5 nitrogen and oxygen atoms in total. The SMILES string of the molecule is COc1ccccc1CNC(=O)c1cc2c3c(c1)CC(=O)N3CC2. The number of rotatable bonds is 4. The molecule has 0 fully saturated rings. The molecule has 2 aromatic rings. The Labute approximate surface area is 140 Å². The van der Waals surface area contributed by atoms with E-state index in [-0.39, 0.29) is 11.8 Å². The number of ether oxygens (including phenoxy) is 1. The first-order valence-corrected chi connectivity index (χ1v) is 8.03. The van der Waals surface area contributed by atoms with E-state index in [1.165, 1.54) is 0 Å². The predicted molar refractivity (Wildman–Crippen MR) is 90.4 cm³/mol. The molecule has 2 aliphatic rings. The summed E-state index contributed by atoms with van der Waals surface area (Å²) in [5.41, 5.74) is 4.65. The summed E-state index contributed by atoms with van der Waals surface area (Å²) in [4.78, 5) is 26.3. The Kier molecular flexibility index (Phi) is 3.49. The van der Waals surface area contributed by atoms with Gasteiger partial charge in [0.05, 0.1) is 19.2 Å². The summed E-state index contributed by atoms with van der Waals surface area (Å²) in [6.45, 7) is 1.13. The average Bonchev–Trinajstić information content (AvgIpc) is 3.17. The van der Waals surface area contributed by atoms with Gasteiger partial charge in [0.2, 0.25) is 5.91 Å². The maximum atomic E-state index is 12.5. The number of benzene rings is 2. The zero-order valence-electron chi connectivity index (χ0n) is 13.5. The van der Waals surface area contributed by atoms with Crippen LogP contribution in [-0.2, 0) is 24.2 Å². The van der Waals surface area contributed by atoms with Crippen LogP contribution in [0.25, 0.3) is 0 Å². The second-order valence-electron chi connectivity index (χ2n) is 6.11. The smallest absolute Gasteiger partial charge is 0.251 e. The number of nitrogens with zero attached hydrogens (tertiary/aromatic N) is 1. The first kappa shape index (κ1) is 14.8. The lowest BCUT2D eigenvalue weighted by Gasteiger charge is -2.11. The molecule has 24 heavy (non-hydrogen) atoms. The highest BCUT2D eigenvalue weighted by Gasteiger charge is 2.34. The molecule has 2 heterocycles. The Morgan fingerprint density at radius 1 is 1.25 bits per heavy atom. The largest absolute Gasteiger partial charge is 0.496 e. The Hall–Kier alpha value is -2.82. The van der Waals surface area contributed by atoms with Gasteiger partial charge in [0.25, 0.3) is 5.91 Å². The van der Waals surface area contributed by atoms with Crippen LogP contribution in [0, 0.1) is 0 Å². The van der Waals surface area contributed by atoms with Crippen LogP contribution >= 0.6 is 0 Å². The molecule has 0 saturated heterocycles. The van der Waals surface area contributed by atoms with Crippen molar-refractivity contribution in [1.82, 2.24) is 5.32 Å². The standard InChI is InChI=1S/C19H18N2O3/c1-24-16-5-3-2-4-13(16)11-20-19(23)15-8-12-6-7-21-17(22)10-14(9-15)18(12)21/h2-5,8-9H,6-7,10-11H2,1H3,(H,20,23).